The molecule has 3 unspecified atom stereocenters. The average Bonchev–Trinajstić information content (AvgIpc) is 2.38. The minimum atomic E-state index is -1.39. The van der Waals surface area contributed by atoms with Gasteiger partial charge in [-0.2, -0.15) is 0 Å². The van der Waals surface area contributed by atoms with Gasteiger partial charge in [-0.15, -0.1) is 0 Å². The lowest BCUT2D eigenvalue weighted by molar-refractivity contribution is -0.126. The van der Waals surface area contributed by atoms with Crippen LogP contribution in [0.2, 0.25) is 5.02 Å². The van der Waals surface area contributed by atoms with Gasteiger partial charge < -0.3 is 5.73 Å². The standard InChI is InChI=1S/C13H11BrCl3N3O/c1-6(10-8(15)4-7(14)5-20-10)13(12(18)21)9(16)2-3-19-11(13)17/h2-6,11H,1H3,(H2,18,21). The Balaban J connectivity index is 2.60. The Bertz CT molecular complexity index is 650. The van der Waals surface area contributed by atoms with Gasteiger partial charge in [-0.3, -0.25) is 14.8 Å². The smallest absolute Gasteiger partial charge is 0.233 e. The largest absolute Gasteiger partial charge is 0.369 e. The van der Waals surface area contributed by atoms with E-state index in [2.05, 4.69) is 25.9 Å². The number of amides is 1. The van der Waals surface area contributed by atoms with Gasteiger partial charge in [-0.1, -0.05) is 41.7 Å². The number of carbonyl (C=O) groups is 1. The fraction of sp³-hybridized carbons (Fsp3) is 0.308. The first-order valence-electron chi connectivity index (χ1n) is 5.96. The number of dihydropyridines is 1. The molecule has 112 valence electrons. The zero-order valence-corrected chi connectivity index (χ0v) is 14.7. The maximum absolute atomic E-state index is 12.1. The first kappa shape index (κ1) is 16.7. The first-order chi connectivity index (χ1) is 9.81. The van der Waals surface area contributed by atoms with Crippen LogP contribution in [0.4, 0.5) is 0 Å². The van der Waals surface area contributed by atoms with E-state index in [1.54, 1.807) is 19.2 Å². The number of allylic oxidation sites excluding steroid dienone is 1. The fourth-order valence-corrected chi connectivity index (χ4v) is 4.12. The van der Waals surface area contributed by atoms with Crippen LogP contribution in [-0.4, -0.2) is 22.6 Å². The summed E-state index contributed by atoms with van der Waals surface area (Å²) >= 11 is 22.0. The summed E-state index contributed by atoms with van der Waals surface area (Å²) in [5.41, 5.74) is 3.76. The molecular formula is C13H11BrCl3N3O. The van der Waals surface area contributed by atoms with Crippen LogP contribution in [0.5, 0.6) is 0 Å². The molecule has 4 nitrogen and oxygen atoms in total. The fourth-order valence-electron chi connectivity index (χ4n) is 2.37. The van der Waals surface area contributed by atoms with E-state index >= 15 is 0 Å². The summed E-state index contributed by atoms with van der Waals surface area (Å²) in [7, 11) is 0. The molecule has 0 fully saturated rings. The summed E-state index contributed by atoms with van der Waals surface area (Å²) in [6, 6.07) is 1.68. The van der Waals surface area contributed by atoms with Crippen molar-refractivity contribution < 1.29 is 4.79 Å². The second kappa shape index (κ2) is 6.24. The number of pyridine rings is 1. The summed E-state index contributed by atoms with van der Waals surface area (Å²) in [5, 5.41) is 0.610. The maximum Gasteiger partial charge on any atom is 0.233 e. The van der Waals surface area contributed by atoms with Crippen LogP contribution >= 0.6 is 50.7 Å². The van der Waals surface area contributed by atoms with Gasteiger partial charge in [0.2, 0.25) is 5.91 Å². The van der Waals surface area contributed by atoms with Gasteiger partial charge >= 0.3 is 0 Å². The van der Waals surface area contributed by atoms with E-state index in [1.807, 2.05) is 0 Å². The molecule has 1 aromatic rings. The van der Waals surface area contributed by atoms with Crippen LogP contribution in [0.15, 0.2) is 32.8 Å². The Morgan fingerprint density at radius 1 is 1.52 bits per heavy atom. The van der Waals surface area contributed by atoms with Gasteiger partial charge in [0.05, 0.1) is 10.7 Å². The van der Waals surface area contributed by atoms with E-state index in [1.165, 1.54) is 12.3 Å². The highest BCUT2D eigenvalue weighted by Gasteiger charge is 2.53. The monoisotopic (exact) mass is 409 g/mol. The zero-order valence-electron chi connectivity index (χ0n) is 10.9. The highest BCUT2D eigenvalue weighted by atomic mass is 79.9. The van der Waals surface area contributed by atoms with Gasteiger partial charge in [0.15, 0.2) is 0 Å². The first-order valence-corrected chi connectivity index (χ1v) is 7.94. The summed E-state index contributed by atoms with van der Waals surface area (Å²) in [6.07, 6.45) is 4.54. The molecule has 21 heavy (non-hydrogen) atoms. The third-order valence-corrected chi connectivity index (χ3v) is 5.18. The lowest BCUT2D eigenvalue weighted by Crippen LogP contribution is -2.49. The van der Waals surface area contributed by atoms with Gasteiger partial charge in [0.1, 0.15) is 10.9 Å². The molecule has 0 spiro atoms. The number of nitrogens with two attached hydrogens (primary N) is 1. The van der Waals surface area contributed by atoms with Gasteiger partial charge in [-0.25, -0.2) is 0 Å². The lowest BCUT2D eigenvalue weighted by atomic mass is 9.72. The molecule has 0 aromatic carbocycles. The molecule has 1 aliphatic rings. The van der Waals surface area contributed by atoms with Crippen LogP contribution in [0, 0.1) is 5.41 Å². The lowest BCUT2D eigenvalue weighted by Gasteiger charge is -2.39. The minimum absolute atomic E-state index is 0.221. The zero-order chi connectivity index (χ0) is 15.8. The van der Waals surface area contributed by atoms with Crippen molar-refractivity contribution in [1.29, 1.82) is 0 Å². The molecule has 0 aliphatic carbocycles. The van der Waals surface area contributed by atoms with Crippen molar-refractivity contribution >= 4 is 62.9 Å². The van der Waals surface area contributed by atoms with Crippen LogP contribution in [0.25, 0.3) is 0 Å². The van der Waals surface area contributed by atoms with Crippen molar-refractivity contribution in [3.63, 3.8) is 0 Å². The van der Waals surface area contributed by atoms with E-state index < -0.39 is 22.7 Å². The number of nitrogens with zero attached hydrogens (tertiary/aromatic N) is 2. The summed E-state index contributed by atoms with van der Waals surface area (Å²) in [5.74, 6) is -1.21. The molecule has 3 atom stereocenters. The van der Waals surface area contributed by atoms with Gasteiger partial charge in [0.25, 0.3) is 0 Å². The van der Waals surface area contributed by atoms with Crippen molar-refractivity contribution in [2.24, 2.45) is 16.1 Å². The van der Waals surface area contributed by atoms with Crippen LogP contribution in [0.1, 0.15) is 18.5 Å². The molecule has 2 heterocycles. The van der Waals surface area contributed by atoms with E-state index in [0.717, 1.165) is 4.47 Å². The third kappa shape index (κ3) is 2.72. The Hall–Kier alpha value is -0.620. The normalized spacial score (nSPS) is 26.3. The maximum atomic E-state index is 12.1. The Labute approximate surface area is 145 Å². The molecule has 1 amide bonds. The number of aliphatic imine (C=N–C) groups is 1. The Kier molecular flexibility index (Phi) is 4.98. The number of carbonyl (C=O) groups excluding carboxylic acids is 1. The van der Waals surface area contributed by atoms with E-state index in [-0.39, 0.29) is 5.03 Å². The number of alkyl halides is 1. The predicted octanol–water partition coefficient (Wildman–Crippen LogP) is 3.84. The van der Waals surface area contributed by atoms with Crippen molar-refractivity contribution in [3.05, 3.63) is 38.6 Å². The van der Waals surface area contributed by atoms with Crippen LogP contribution < -0.4 is 5.73 Å². The third-order valence-electron chi connectivity index (χ3n) is 3.55. The van der Waals surface area contributed by atoms with Gasteiger partial charge in [0, 0.05) is 27.8 Å². The molecular weight excluding hydrogens is 400 g/mol. The molecule has 2 N–H and O–H groups in total. The molecule has 0 saturated carbocycles. The highest BCUT2D eigenvalue weighted by Crippen LogP contribution is 2.50. The average molecular weight is 412 g/mol. The minimum Gasteiger partial charge on any atom is -0.369 e. The van der Waals surface area contributed by atoms with Gasteiger partial charge in [-0.05, 0) is 28.1 Å². The molecule has 0 saturated heterocycles. The number of rotatable bonds is 3. The van der Waals surface area contributed by atoms with Crippen molar-refractivity contribution in [2.45, 2.75) is 18.3 Å². The summed E-state index contributed by atoms with van der Waals surface area (Å²) in [4.78, 5) is 20.5. The summed E-state index contributed by atoms with van der Waals surface area (Å²) < 4.78 is 0.724. The Morgan fingerprint density at radius 3 is 2.71 bits per heavy atom. The quantitative estimate of drug-likeness (QED) is 0.606. The second-order valence-corrected chi connectivity index (χ2v) is 6.77. The molecule has 0 bridgehead atoms. The van der Waals surface area contributed by atoms with Crippen LogP contribution in [-0.2, 0) is 4.79 Å². The van der Waals surface area contributed by atoms with E-state index in [9.17, 15) is 4.79 Å². The highest BCUT2D eigenvalue weighted by molar-refractivity contribution is 9.10. The molecule has 1 aliphatic heterocycles. The second-order valence-electron chi connectivity index (χ2n) is 4.62. The van der Waals surface area contributed by atoms with E-state index in [0.29, 0.717) is 10.7 Å². The topological polar surface area (TPSA) is 68.3 Å². The number of hydrogen-bond donors (Lipinski definition) is 1. The number of aromatic nitrogens is 1. The molecule has 8 heteroatoms. The molecule has 2 rings (SSSR count). The predicted molar refractivity (Wildman–Crippen MR) is 89.1 cm³/mol. The van der Waals surface area contributed by atoms with Crippen LogP contribution in [0.3, 0.4) is 0 Å². The molecule has 0 radical (unpaired) electrons. The SMILES string of the molecule is CC(c1ncc(Br)cc1Cl)C1(C(N)=O)C(Cl)=CC=NC1Cl. The summed E-state index contributed by atoms with van der Waals surface area (Å²) in [6.45, 7) is 1.75. The van der Waals surface area contributed by atoms with E-state index in [4.69, 9.17) is 40.5 Å². The van der Waals surface area contributed by atoms with Crippen molar-refractivity contribution in [3.8, 4) is 0 Å². The van der Waals surface area contributed by atoms with Crippen molar-refractivity contribution in [1.82, 2.24) is 4.98 Å². The molecule has 1 aromatic heterocycles. The number of hydrogen-bond acceptors (Lipinski definition) is 3. The number of primary amides is 1. The Morgan fingerprint density at radius 2 is 2.19 bits per heavy atom. The number of halogens is 4. The van der Waals surface area contributed by atoms with Crippen molar-refractivity contribution in [2.75, 3.05) is 0 Å².